The Bertz CT molecular complexity index is 798. The van der Waals surface area contributed by atoms with E-state index in [0.29, 0.717) is 17.1 Å². The summed E-state index contributed by atoms with van der Waals surface area (Å²) in [5.74, 6) is 2.56. The zero-order valence-corrected chi connectivity index (χ0v) is 14.3. The van der Waals surface area contributed by atoms with E-state index in [1.54, 1.807) is 0 Å². The van der Waals surface area contributed by atoms with E-state index in [-0.39, 0.29) is 4.87 Å². The van der Waals surface area contributed by atoms with Crippen LogP contribution in [0.2, 0.25) is 5.02 Å². The average molecular weight is 350 g/mol. The quantitative estimate of drug-likeness (QED) is 0.806. The van der Waals surface area contributed by atoms with Crippen LogP contribution in [0.4, 0.5) is 0 Å². The van der Waals surface area contributed by atoms with Crippen molar-refractivity contribution in [2.24, 2.45) is 17.8 Å². The first-order valence-electron chi connectivity index (χ1n) is 7.86. The first-order valence-corrected chi connectivity index (χ1v) is 9.94. The molecule has 0 radical (unpaired) electrons. The molecule has 2 saturated carbocycles. The second kappa shape index (κ2) is 4.89. The van der Waals surface area contributed by atoms with Gasteiger partial charge in [-0.15, -0.1) is 11.8 Å². The second-order valence-corrected chi connectivity index (χ2v) is 9.31. The number of aromatic amines is 1. The molecule has 2 aromatic rings. The van der Waals surface area contributed by atoms with Crippen LogP contribution in [0, 0.1) is 17.8 Å². The number of thiazole rings is 1. The van der Waals surface area contributed by atoms with Gasteiger partial charge in [-0.3, -0.25) is 4.79 Å². The fraction of sp³-hybridized carbons (Fsp3) is 0.471. The van der Waals surface area contributed by atoms with Gasteiger partial charge in [-0.25, -0.2) is 0 Å². The Labute approximate surface area is 142 Å². The molecule has 114 valence electrons. The molecule has 1 aromatic heterocycles. The van der Waals surface area contributed by atoms with Gasteiger partial charge in [0, 0.05) is 21.1 Å². The lowest BCUT2D eigenvalue weighted by Crippen LogP contribution is -2.33. The van der Waals surface area contributed by atoms with E-state index in [0.717, 1.165) is 21.9 Å². The van der Waals surface area contributed by atoms with E-state index < -0.39 is 0 Å². The van der Waals surface area contributed by atoms with Crippen LogP contribution in [-0.2, 0) is 0 Å². The fourth-order valence-corrected chi connectivity index (χ4v) is 8.06. The number of benzene rings is 1. The predicted octanol–water partition coefficient (Wildman–Crippen LogP) is 4.74. The van der Waals surface area contributed by atoms with Crippen molar-refractivity contribution in [3.63, 3.8) is 0 Å². The minimum absolute atomic E-state index is 0.0712. The highest BCUT2D eigenvalue weighted by molar-refractivity contribution is 8.00. The molecular weight excluding hydrogens is 334 g/mol. The van der Waals surface area contributed by atoms with Gasteiger partial charge in [0.25, 0.3) is 0 Å². The summed E-state index contributed by atoms with van der Waals surface area (Å²) in [6, 6.07) is 8.19. The van der Waals surface area contributed by atoms with E-state index in [1.165, 1.54) is 41.0 Å². The van der Waals surface area contributed by atoms with Crippen LogP contribution in [0.1, 0.15) is 35.6 Å². The number of H-pyrrole nitrogens is 1. The van der Waals surface area contributed by atoms with E-state index in [4.69, 9.17) is 11.6 Å². The molecule has 0 spiro atoms. The molecule has 2 bridgehead atoms. The number of hydrogen-bond acceptors (Lipinski definition) is 3. The SMILES string of the molecule is O=c1[nH]c2c(s1)[C@H](c1ccccc1Cl)[C@@H]1[C@@H]3CC[C@@H](C3)[C@@H]1S2. The number of aromatic nitrogens is 1. The molecule has 2 heterocycles. The molecule has 1 aliphatic heterocycles. The van der Waals surface area contributed by atoms with E-state index in [1.807, 2.05) is 23.9 Å². The van der Waals surface area contributed by atoms with Crippen LogP contribution >= 0.6 is 34.7 Å². The number of rotatable bonds is 1. The minimum atomic E-state index is 0.0712. The topological polar surface area (TPSA) is 32.9 Å². The van der Waals surface area contributed by atoms with Gasteiger partial charge < -0.3 is 4.98 Å². The summed E-state index contributed by atoms with van der Waals surface area (Å²) in [7, 11) is 0. The van der Waals surface area contributed by atoms with Crippen molar-refractivity contribution in [3.8, 4) is 0 Å². The number of fused-ring (bicyclic) bond motifs is 6. The molecule has 1 N–H and O–H groups in total. The lowest BCUT2D eigenvalue weighted by Gasteiger charge is -2.40. The molecule has 0 amide bonds. The van der Waals surface area contributed by atoms with Crippen LogP contribution < -0.4 is 4.87 Å². The maximum atomic E-state index is 11.9. The molecule has 0 saturated heterocycles. The molecule has 2 fully saturated rings. The van der Waals surface area contributed by atoms with Gasteiger partial charge >= 0.3 is 4.87 Å². The van der Waals surface area contributed by atoms with Crippen molar-refractivity contribution >= 4 is 34.7 Å². The van der Waals surface area contributed by atoms with Crippen LogP contribution in [0.5, 0.6) is 0 Å². The molecule has 2 aliphatic carbocycles. The summed E-state index contributed by atoms with van der Waals surface area (Å²) < 4.78 is 0. The Hall–Kier alpha value is -0.710. The smallest absolute Gasteiger partial charge is 0.305 e. The highest BCUT2D eigenvalue weighted by atomic mass is 35.5. The zero-order valence-electron chi connectivity index (χ0n) is 11.9. The summed E-state index contributed by atoms with van der Waals surface area (Å²) >= 11 is 9.85. The lowest BCUT2D eigenvalue weighted by molar-refractivity contribution is 0.307. The molecule has 5 rings (SSSR count). The van der Waals surface area contributed by atoms with Gasteiger partial charge in [-0.05, 0) is 48.6 Å². The van der Waals surface area contributed by atoms with Gasteiger partial charge in [-0.2, -0.15) is 0 Å². The van der Waals surface area contributed by atoms with Crippen molar-refractivity contribution in [2.75, 3.05) is 0 Å². The first-order chi connectivity index (χ1) is 10.7. The third-order valence-electron chi connectivity index (χ3n) is 5.71. The first kappa shape index (κ1) is 13.7. The Morgan fingerprint density at radius 3 is 2.86 bits per heavy atom. The maximum Gasteiger partial charge on any atom is 0.305 e. The Balaban J connectivity index is 1.72. The van der Waals surface area contributed by atoms with Crippen LogP contribution in [0.15, 0.2) is 34.1 Å². The monoisotopic (exact) mass is 349 g/mol. The fourth-order valence-electron chi connectivity index (χ4n) is 4.92. The van der Waals surface area contributed by atoms with Crippen molar-refractivity contribution < 1.29 is 0 Å². The number of thioether (sulfide) groups is 1. The van der Waals surface area contributed by atoms with Crippen LogP contribution in [0.3, 0.4) is 0 Å². The molecule has 2 nitrogen and oxygen atoms in total. The van der Waals surface area contributed by atoms with Crippen LogP contribution in [0.25, 0.3) is 0 Å². The molecule has 22 heavy (non-hydrogen) atoms. The van der Waals surface area contributed by atoms with Crippen LogP contribution in [-0.4, -0.2) is 10.2 Å². The van der Waals surface area contributed by atoms with Crippen molar-refractivity contribution in [1.29, 1.82) is 0 Å². The summed E-state index contributed by atoms with van der Waals surface area (Å²) in [4.78, 5) is 16.3. The Kier molecular flexibility index (Phi) is 3.05. The largest absolute Gasteiger partial charge is 0.307 e. The summed E-state index contributed by atoms with van der Waals surface area (Å²) in [6.45, 7) is 0. The minimum Gasteiger partial charge on any atom is -0.307 e. The highest BCUT2D eigenvalue weighted by Crippen LogP contribution is 2.64. The second-order valence-electron chi connectivity index (χ2n) is 6.70. The summed E-state index contributed by atoms with van der Waals surface area (Å²) in [6.07, 6.45) is 4.07. The molecule has 5 atom stereocenters. The number of halogens is 1. The number of nitrogens with one attached hydrogen (secondary N) is 1. The van der Waals surface area contributed by atoms with Gasteiger partial charge in [0.15, 0.2) is 0 Å². The predicted molar refractivity (Wildman–Crippen MR) is 92.2 cm³/mol. The maximum absolute atomic E-state index is 11.9. The molecule has 5 heteroatoms. The van der Waals surface area contributed by atoms with Gasteiger partial charge in [0.05, 0.1) is 5.03 Å². The number of hydrogen-bond donors (Lipinski definition) is 1. The van der Waals surface area contributed by atoms with Gasteiger partial charge in [0.1, 0.15) is 0 Å². The van der Waals surface area contributed by atoms with Gasteiger partial charge in [-0.1, -0.05) is 41.1 Å². The summed E-state index contributed by atoms with van der Waals surface area (Å²) in [5.41, 5.74) is 1.21. The Morgan fingerprint density at radius 2 is 2.00 bits per heavy atom. The lowest BCUT2D eigenvalue weighted by atomic mass is 9.75. The third-order valence-corrected chi connectivity index (χ3v) is 8.67. The normalized spacial score (nSPS) is 35.4. The Morgan fingerprint density at radius 1 is 1.18 bits per heavy atom. The third kappa shape index (κ3) is 1.84. The van der Waals surface area contributed by atoms with Crippen molar-refractivity contribution in [3.05, 3.63) is 49.4 Å². The van der Waals surface area contributed by atoms with E-state index in [9.17, 15) is 4.79 Å². The molecule has 3 aliphatic rings. The van der Waals surface area contributed by atoms with E-state index in [2.05, 4.69) is 17.1 Å². The summed E-state index contributed by atoms with van der Waals surface area (Å²) in [5, 5.41) is 2.60. The van der Waals surface area contributed by atoms with Crippen molar-refractivity contribution in [2.45, 2.75) is 35.5 Å². The van der Waals surface area contributed by atoms with E-state index >= 15 is 0 Å². The molecular formula is C17H16ClNOS2. The average Bonchev–Trinajstić information content (AvgIpc) is 3.19. The molecule has 0 unspecified atom stereocenters. The molecule has 1 aromatic carbocycles. The zero-order chi connectivity index (χ0) is 14.8. The standard InChI is InChI=1S/C17H16ClNOS2/c18-11-4-2-1-3-10(11)13-12-8-5-6-9(7-8)14(12)21-16-15(13)22-17(20)19-16/h1-4,8-9,12-14H,5-7H2,(H,19,20)/t8-,9+,12+,13-,14+/m1/s1. The van der Waals surface area contributed by atoms with Gasteiger partial charge in [0.2, 0.25) is 0 Å². The van der Waals surface area contributed by atoms with Crippen molar-refractivity contribution in [1.82, 2.24) is 4.98 Å². The highest BCUT2D eigenvalue weighted by Gasteiger charge is 2.54.